The number of carbonyl (C=O) groups is 5. The summed E-state index contributed by atoms with van der Waals surface area (Å²) in [5.41, 5.74) is 2.61. The lowest BCUT2D eigenvalue weighted by atomic mass is 10.3. The van der Waals surface area contributed by atoms with Gasteiger partial charge in [-0.05, 0) is 60.7 Å². The SMILES string of the molecule is N=CN=CN=CN=CN=CN=C(/N=C/N=CN=CN=CN=CN=C(/N=C/N=CN=CN=CN=CN=C(/N=C/N=CN=CN=CN=CN=C(/N=C/N=CN=CN=CN=CN=CNC(=O)Nc1ccccc1)NC(=O)Nc1ccccc1)NC(=O)Nc1ccccc1)NC(=O)Nc1ccccc1)NC(=O)Nc1ccccc1. The highest BCUT2D eigenvalue weighted by molar-refractivity contribution is 6.10. The number of rotatable bonds is 31. The number of hydrogen-bond donors (Lipinski definition) is 11. The second kappa shape index (κ2) is 57.2. The first-order valence-electron chi connectivity index (χ1n) is 30.6. The number of guanidine groups is 4. The van der Waals surface area contributed by atoms with E-state index in [2.05, 4.69) is 198 Å². The zero-order valence-corrected chi connectivity index (χ0v) is 57.0. The molecule has 0 aromatic heterocycles. The van der Waals surface area contributed by atoms with Crippen molar-refractivity contribution in [1.82, 2.24) is 26.6 Å². The van der Waals surface area contributed by atoms with E-state index in [0.717, 1.165) is 165 Å². The minimum Gasteiger partial charge on any atom is -0.308 e. The van der Waals surface area contributed by atoms with E-state index in [9.17, 15) is 24.0 Å². The van der Waals surface area contributed by atoms with Gasteiger partial charge < -0.3 is 26.6 Å². The molecule has 0 fully saturated rings. The number of para-hydroxylation sites is 5. The predicted octanol–water partition coefficient (Wildman–Crippen LogP) is 6.83. The molecule has 0 spiro atoms. The van der Waals surface area contributed by atoms with Gasteiger partial charge in [0.1, 0.15) is 158 Å². The van der Waals surface area contributed by atoms with Crippen LogP contribution in [0.3, 0.4) is 0 Å². The summed E-state index contributed by atoms with van der Waals surface area (Å²) in [4.78, 5) is 175. The second-order valence-corrected chi connectivity index (χ2v) is 18.2. The minimum absolute atomic E-state index is 0.198. The van der Waals surface area contributed by atoms with Crippen molar-refractivity contribution < 1.29 is 24.0 Å². The number of nitrogens with one attached hydrogen (secondary N) is 11. The van der Waals surface area contributed by atoms with Crippen LogP contribution in [-0.4, -0.2) is 219 Å². The average Bonchev–Trinajstić information content (AvgIpc) is 0.948. The molecule has 0 bridgehead atoms. The van der Waals surface area contributed by atoms with Crippen molar-refractivity contribution in [1.29, 1.82) is 5.41 Å². The summed E-state index contributed by atoms with van der Waals surface area (Å²) >= 11 is 0. The Morgan fingerprint density at radius 2 is 0.400 bits per heavy atom. The van der Waals surface area contributed by atoms with E-state index in [1.807, 2.05) is 6.07 Å². The van der Waals surface area contributed by atoms with E-state index in [1.54, 1.807) is 146 Å². The molecule has 0 heterocycles. The molecule has 0 aliphatic rings. The quantitative estimate of drug-likeness (QED) is 0.0167. The Morgan fingerprint density at radius 3 is 0.618 bits per heavy atom. The molecule has 10 amide bonds. The van der Waals surface area contributed by atoms with Crippen LogP contribution in [0.25, 0.3) is 0 Å². The van der Waals surface area contributed by atoms with Crippen LogP contribution in [0.4, 0.5) is 52.4 Å². The summed E-state index contributed by atoms with van der Waals surface area (Å²) in [7, 11) is 0. The molecule has 45 nitrogen and oxygen atoms in total. The summed E-state index contributed by atoms with van der Waals surface area (Å²) in [5.74, 6) is -0.904. The Labute approximate surface area is 623 Å². The van der Waals surface area contributed by atoms with Crippen molar-refractivity contribution in [3.05, 3.63) is 152 Å². The Hall–Kier alpha value is -17.5. The van der Waals surface area contributed by atoms with E-state index in [0.29, 0.717) is 28.4 Å². The van der Waals surface area contributed by atoms with Gasteiger partial charge in [-0.25, -0.2) is 169 Å². The third kappa shape index (κ3) is 44.6. The zero-order chi connectivity index (χ0) is 77.7. The fraction of sp³-hybridized carbons (Fsp3) is 0. The third-order valence-electron chi connectivity index (χ3n) is 10.5. The van der Waals surface area contributed by atoms with Gasteiger partial charge >= 0.3 is 30.2 Å². The molecule has 0 unspecified atom stereocenters. The first-order chi connectivity index (χ1) is 54.2. The molecule has 0 aliphatic carbocycles. The van der Waals surface area contributed by atoms with Crippen molar-refractivity contribution in [2.45, 2.75) is 0 Å². The molecule has 45 heteroatoms. The largest absolute Gasteiger partial charge is 0.326 e. The average molecular weight is 1480 g/mol. The van der Waals surface area contributed by atoms with Crippen molar-refractivity contribution in [3.63, 3.8) is 0 Å². The molecule has 5 rings (SSSR count). The van der Waals surface area contributed by atoms with Crippen LogP contribution in [0, 0.1) is 5.41 Å². The Bertz CT molecular complexity index is 4660. The van der Waals surface area contributed by atoms with Gasteiger partial charge in [-0.1, -0.05) is 91.0 Å². The van der Waals surface area contributed by atoms with Crippen LogP contribution in [0.2, 0.25) is 0 Å². The van der Waals surface area contributed by atoms with Gasteiger partial charge in [-0.3, -0.25) is 32.0 Å². The highest BCUT2D eigenvalue weighted by atomic mass is 16.2. The van der Waals surface area contributed by atoms with E-state index in [1.165, 1.54) is 0 Å². The maximum Gasteiger partial charge on any atom is 0.326 e. The van der Waals surface area contributed by atoms with E-state index >= 15 is 0 Å². The van der Waals surface area contributed by atoms with Gasteiger partial charge in [0.2, 0.25) is 23.8 Å². The Kier molecular flexibility index (Phi) is 43.3. The molecule has 552 valence electrons. The number of benzene rings is 5. The molecule has 0 saturated carbocycles. The summed E-state index contributed by atoms with van der Waals surface area (Å²) < 4.78 is 0. The standard InChI is InChI=1S/C65H62N40O5/c66-26-67-27-68-28-70-34-79-43-88-57(102-62(107)98-53-18-8-2-9-19-53)90-45-81-36-72-31-74-38-83-47-92-59(104-64(109)100-55-22-12-4-13-23-55)94-49-85-40-76-33-77-41-86-50-95-60(105-65(110)101-56-24-14-5-15-25-56)93-48-84-39-75-32-73-37-82-46-91-58(103-63(108)99-54-20-10-3-11-21-54)89-44-80-35-71-29-69-30-78-42-87-51-96-61(106)97-52-16-6-1-7-17-52/h1-51H,(H11,66,67,68,69,70,71,72,73,74,75,76,77,78,79,80,81,82,83,84,85,86,87,88,89,90,91,92,93,94,95,96,97,98,99,100,101,102,103,104,105,106,107,108,109,110). The summed E-state index contributed by atoms with van der Waals surface area (Å²) in [6.07, 6.45) is 27.9. The topological polar surface area (TPSA) is 588 Å². The van der Waals surface area contributed by atoms with Gasteiger partial charge in [-0.15, -0.1) is 0 Å². The summed E-state index contributed by atoms with van der Waals surface area (Å²) in [6.45, 7) is 0. The molecule has 5 aromatic rings. The number of aliphatic imine (C=N–C) groups is 29. The maximum absolute atomic E-state index is 12.8. The normalized spacial score (nSPS) is 13.5. The first kappa shape index (κ1) is 83.2. The van der Waals surface area contributed by atoms with Gasteiger partial charge in [-0.2, -0.15) is 0 Å². The number of urea groups is 5. The Morgan fingerprint density at radius 1 is 0.218 bits per heavy atom. The number of nitrogens with zero attached hydrogens (tertiary/aromatic N) is 29. The van der Waals surface area contributed by atoms with E-state index in [4.69, 9.17) is 5.41 Å². The third-order valence-corrected chi connectivity index (χ3v) is 10.5. The lowest BCUT2D eigenvalue weighted by Crippen LogP contribution is -2.33. The first-order valence-corrected chi connectivity index (χ1v) is 30.6. The van der Waals surface area contributed by atoms with Crippen LogP contribution in [-0.2, 0) is 0 Å². The van der Waals surface area contributed by atoms with Gasteiger partial charge in [0.15, 0.2) is 0 Å². The monoisotopic (exact) mass is 1480 g/mol. The van der Waals surface area contributed by atoms with Crippen molar-refractivity contribution in [3.8, 4) is 0 Å². The van der Waals surface area contributed by atoms with Crippen molar-refractivity contribution >= 4 is 247 Å². The molecule has 110 heavy (non-hydrogen) atoms. The Balaban J connectivity index is 1.13. The summed E-state index contributed by atoms with van der Waals surface area (Å²) in [5, 5.41) is 32.3. The predicted molar refractivity (Wildman–Crippen MR) is 444 cm³/mol. The molecule has 0 saturated heterocycles. The smallest absolute Gasteiger partial charge is 0.308 e. The molecular weight excluding hydrogens is 1420 g/mol. The lowest BCUT2D eigenvalue weighted by Gasteiger charge is -2.05. The summed E-state index contributed by atoms with van der Waals surface area (Å²) in [6, 6.07) is 40.1. The van der Waals surface area contributed by atoms with Gasteiger partial charge in [0.05, 0.1) is 6.34 Å². The zero-order valence-electron chi connectivity index (χ0n) is 57.0. The van der Waals surface area contributed by atoms with Crippen LogP contribution in [0.1, 0.15) is 0 Å². The highest BCUT2D eigenvalue weighted by Crippen LogP contribution is 2.08. The second-order valence-electron chi connectivity index (χ2n) is 18.2. The van der Waals surface area contributed by atoms with Gasteiger partial charge in [0, 0.05) is 28.4 Å². The molecule has 0 atom stereocenters. The van der Waals surface area contributed by atoms with Crippen LogP contribution in [0.5, 0.6) is 0 Å². The molecule has 0 aliphatic heterocycles. The van der Waals surface area contributed by atoms with Gasteiger partial charge in [0.25, 0.3) is 0 Å². The van der Waals surface area contributed by atoms with Crippen LogP contribution < -0.4 is 53.2 Å². The highest BCUT2D eigenvalue weighted by Gasteiger charge is 2.08. The maximum atomic E-state index is 12.8. The number of anilines is 5. The number of hydrogen-bond acceptors (Lipinski definition) is 6. The molecule has 5 aromatic carbocycles. The molecule has 11 N–H and O–H groups in total. The lowest BCUT2D eigenvalue weighted by molar-refractivity contribution is 0.255. The van der Waals surface area contributed by atoms with Crippen molar-refractivity contribution in [2.75, 3.05) is 26.6 Å². The number of amides is 10. The number of carbonyl (C=O) groups excluding carboxylic acids is 5. The van der Waals surface area contributed by atoms with Crippen molar-refractivity contribution in [2.24, 2.45) is 145 Å². The molecular formula is C65H62N40O5. The molecule has 0 radical (unpaired) electrons. The van der Waals surface area contributed by atoms with E-state index < -0.39 is 30.2 Å². The fourth-order valence-electron chi connectivity index (χ4n) is 6.27. The minimum atomic E-state index is -0.690. The van der Waals surface area contributed by atoms with Crippen LogP contribution >= 0.6 is 0 Å². The van der Waals surface area contributed by atoms with Crippen LogP contribution in [0.15, 0.2) is 296 Å². The fourth-order valence-corrected chi connectivity index (χ4v) is 6.27. The van der Waals surface area contributed by atoms with E-state index in [-0.39, 0.29) is 23.8 Å².